The highest BCUT2D eigenvalue weighted by Gasteiger charge is 2.22. The molecular formula is C13H18ClNO2. The molecule has 3 nitrogen and oxygen atoms in total. The molecule has 0 aromatic heterocycles. The number of nitrogens with zero attached hydrogens (tertiary/aromatic N) is 1. The molecule has 0 unspecified atom stereocenters. The SMILES string of the molecule is CC(C)(C)CN(C(=O)CCl)c1cccc(O)c1. The van der Waals surface area contributed by atoms with Crippen LogP contribution in [-0.2, 0) is 4.79 Å². The van der Waals surface area contributed by atoms with Gasteiger partial charge in [0.2, 0.25) is 5.91 Å². The first-order valence-corrected chi connectivity index (χ1v) is 6.02. The number of hydrogen-bond donors (Lipinski definition) is 1. The average molecular weight is 256 g/mol. The molecule has 0 fully saturated rings. The van der Waals surface area contributed by atoms with Gasteiger partial charge in [0, 0.05) is 18.3 Å². The number of amides is 1. The maximum absolute atomic E-state index is 11.8. The molecule has 4 heteroatoms. The van der Waals surface area contributed by atoms with Crippen LogP contribution in [0.4, 0.5) is 5.69 Å². The van der Waals surface area contributed by atoms with E-state index in [0.29, 0.717) is 12.2 Å². The van der Waals surface area contributed by atoms with Crippen LogP contribution in [0.1, 0.15) is 20.8 Å². The number of aromatic hydroxyl groups is 1. The van der Waals surface area contributed by atoms with E-state index >= 15 is 0 Å². The third-order valence-corrected chi connectivity index (χ3v) is 2.42. The lowest BCUT2D eigenvalue weighted by Gasteiger charge is -2.29. The summed E-state index contributed by atoms with van der Waals surface area (Å²) in [4.78, 5) is 13.4. The minimum atomic E-state index is -0.160. The van der Waals surface area contributed by atoms with Crippen LogP contribution < -0.4 is 4.90 Å². The fraction of sp³-hybridized carbons (Fsp3) is 0.462. The van der Waals surface area contributed by atoms with Gasteiger partial charge in [0.25, 0.3) is 0 Å². The van der Waals surface area contributed by atoms with E-state index in [1.807, 2.05) is 20.8 Å². The van der Waals surface area contributed by atoms with E-state index in [2.05, 4.69) is 0 Å². The van der Waals surface area contributed by atoms with Crippen molar-refractivity contribution >= 4 is 23.2 Å². The van der Waals surface area contributed by atoms with Gasteiger partial charge in [-0.1, -0.05) is 26.8 Å². The standard InChI is InChI=1S/C13H18ClNO2/c1-13(2,3)9-15(12(17)8-14)10-5-4-6-11(16)7-10/h4-7,16H,8-9H2,1-3H3. The minimum Gasteiger partial charge on any atom is -0.508 e. The summed E-state index contributed by atoms with van der Waals surface area (Å²) < 4.78 is 0. The highest BCUT2D eigenvalue weighted by atomic mass is 35.5. The average Bonchev–Trinajstić information content (AvgIpc) is 2.23. The second-order valence-electron chi connectivity index (χ2n) is 5.19. The van der Waals surface area contributed by atoms with Gasteiger partial charge in [0.15, 0.2) is 0 Å². The van der Waals surface area contributed by atoms with E-state index in [1.165, 1.54) is 0 Å². The molecule has 1 rings (SSSR count). The molecule has 0 saturated carbocycles. The van der Waals surface area contributed by atoms with Crippen LogP contribution in [0.5, 0.6) is 5.75 Å². The highest BCUT2D eigenvalue weighted by molar-refractivity contribution is 6.29. The first kappa shape index (κ1) is 13.8. The summed E-state index contributed by atoms with van der Waals surface area (Å²) in [7, 11) is 0. The van der Waals surface area contributed by atoms with E-state index in [1.54, 1.807) is 29.2 Å². The van der Waals surface area contributed by atoms with Gasteiger partial charge in [-0.2, -0.15) is 0 Å². The van der Waals surface area contributed by atoms with Crippen LogP contribution >= 0.6 is 11.6 Å². The number of hydrogen-bond acceptors (Lipinski definition) is 2. The second kappa shape index (κ2) is 5.41. The zero-order valence-corrected chi connectivity index (χ0v) is 11.2. The number of phenolic OH excluding ortho intramolecular Hbond substituents is 1. The van der Waals surface area contributed by atoms with Crippen molar-refractivity contribution in [1.82, 2.24) is 0 Å². The Labute approximate surface area is 107 Å². The Hall–Kier alpha value is -1.22. The number of benzene rings is 1. The normalized spacial score (nSPS) is 11.3. The van der Waals surface area contributed by atoms with Gasteiger partial charge < -0.3 is 10.0 Å². The lowest BCUT2D eigenvalue weighted by molar-refractivity contribution is -0.116. The summed E-state index contributed by atoms with van der Waals surface area (Å²) in [6.07, 6.45) is 0. The van der Waals surface area contributed by atoms with E-state index in [0.717, 1.165) is 0 Å². The lowest BCUT2D eigenvalue weighted by atomic mass is 9.95. The van der Waals surface area contributed by atoms with E-state index < -0.39 is 0 Å². The second-order valence-corrected chi connectivity index (χ2v) is 5.46. The molecule has 1 aromatic rings. The predicted octanol–water partition coefficient (Wildman–Crippen LogP) is 3.01. The first-order chi connectivity index (χ1) is 7.83. The molecule has 0 saturated heterocycles. The van der Waals surface area contributed by atoms with Gasteiger partial charge in [0.1, 0.15) is 11.6 Å². The van der Waals surface area contributed by atoms with Crippen LogP contribution in [-0.4, -0.2) is 23.4 Å². The molecule has 0 aliphatic rings. The summed E-state index contributed by atoms with van der Waals surface area (Å²) in [5, 5.41) is 9.44. The summed E-state index contributed by atoms with van der Waals surface area (Å²) in [6, 6.07) is 6.64. The van der Waals surface area contributed by atoms with Crippen LogP contribution in [0.15, 0.2) is 24.3 Å². The van der Waals surface area contributed by atoms with E-state index in [4.69, 9.17) is 11.6 Å². The molecule has 0 aliphatic carbocycles. The predicted molar refractivity (Wildman–Crippen MR) is 70.6 cm³/mol. The van der Waals surface area contributed by atoms with Crippen molar-refractivity contribution in [3.8, 4) is 5.75 Å². The maximum Gasteiger partial charge on any atom is 0.241 e. The molecule has 0 spiro atoms. The summed E-state index contributed by atoms with van der Waals surface area (Å²) >= 11 is 5.61. The number of rotatable bonds is 3. The van der Waals surface area contributed by atoms with Gasteiger partial charge in [-0.25, -0.2) is 0 Å². The zero-order chi connectivity index (χ0) is 13.1. The van der Waals surface area contributed by atoms with Gasteiger partial charge in [-0.05, 0) is 17.5 Å². The number of halogens is 1. The summed E-state index contributed by atoms with van der Waals surface area (Å²) in [6.45, 7) is 6.70. The van der Waals surface area contributed by atoms with Crippen molar-refractivity contribution in [2.24, 2.45) is 5.41 Å². The third-order valence-electron chi connectivity index (χ3n) is 2.19. The molecule has 1 aromatic carbocycles. The zero-order valence-electron chi connectivity index (χ0n) is 10.4. The number of carbonyl (C=O) groups excluding carboxylic acids is 1. The summed E-state index contributed by atoms with van der Waals surface area (Å²) in [5.74, 6) is -0.0814. The monoisotopic (exact) mass is 255 g/mol. The Morgan fingerprint density at radius 1 is 1.41 bits per heavy atom. The Morgan fingerprint density at radius 2 is 2.06 bits per heavy atom. The quantitative estimate of drug-likeness (QED) is 0.844. The molecule has 0 atom stereocenters. The fourth-order valence-electron chi connectivity index (χ4n) is 1.53. The van der Waals surface area contributed by atoms with Crippen molar-refractivity contribution < 1.29 is 9.90 Å². The molecule has 0 aliphatic heterocycles. The Kier molecular flexibility index (Phi) is 4.40. The Balaban J connectivity index is 3.02. The summed E-state index contributed by atoms with van der Waals surface area (Å²) in [5.41, 5.74) is 0.637. The smallest absolute Gasteiger partial charge is 0.241 e. The van der Waals surface area contributed by atoms with Crippen LogP contribution in [0, 0.1) is 5.41 Å². The molecular weight excluding hydrogens is 238 g/mol. The van der Waals surface area contributed by atoms with Crippen molar-refractivity contribution in [2.45, 2.75) is 20.8 Å². The number of alkyl halides is 1. The fourth-order valence-corrected chi connectivity index (χ4v) is 1.68. The molecule has 94 valence electrons. The largest absolute Gasteiger partial charge is 0.508 e. The van der Waals surface area contributed by atoms with Crippen molar-refractivity contribution in [2.75, 3.05) is 17.3 Å². The van der Waals surface area contributed by atoms with Gasteiger partial charge in [-0.3, -0.25) is 4.79 Å². The molecule has 0 bridgehead atoms. The van der Waals surface area contributed by atoms with Gasteiger partial charge >= 0.3 is 0 Å². The van der Waals surface area contributed by atoms with E-state index in [-0.39, 0.29) is 23.0 Å². The van der Waals surface area contributed by atoms with Gasteiger partial charge in [-0.15, -0.1) is 11.6 Å². The van der Waals surface area contributed by atoms with Crippen molar-refractivity contribution in [3.63, 3.8) is 0 Å². The number of phenols is 1. The van der Waals surface area contributed by atoms with Crippen molar-refractivity contribution in [1.29, 1.82) is 0 Å². The first-order valence-electron chi connectivity index (χ1n) is 5.49. The third kappa shape index (κ3) is 4.27. The van der Waals surface area contributed by atoms with Crippen molar-refractivity contribution in [3.05, 3.63) is 24.3 Å². The molecule has 0 heterocycles. The Morgan fingerprint density at radius 3 is 2.53 bits per heavy atom. The van der Waals surface area contributed by atoms with E-state index in [9.17, 15) is 9.90 Å². The topological polar surface area (TPSA) is 40.5 Å². The van der Waals surface area contributed by atoms with Crippen LogP contribution in [0.25, 0.3) is 0 Å². The highest BCUT2D eigenvalue weighted by Crippen LogP contribution is 2.24. The molecule has 1 amide bonds. The number of anilines is 1. The molecule has 17 heavy (non-hydrogen) atoms. The molecule has 0 radical (unpaired) electrons. The minimum absolute atomic E-state index is 0.0345. The van der Waals surface area contributed by atoms with Gasteiger partial charge in [0.05, 0.1) is 0 Å². The lowest BCUT2D eigenvalue weighted by Crippen LogP contribution is -2.38. The van der Waals surface area contributed by atoms with Crippen LogP contribution in [0.2, 0.25) is 0 Å². The Bertz CT molecular complexity index is 399. The number of carbonyl (C=O) groups is 1. The van der Waals surface area contributed by atoms with Crippen LogP contribution in [0.3, 0.4) is 0 Å². The maximum atomic E-state index is 11.8. The molecule has 1 N–H and O–H groups in total.